The van der Waals surface area contributed by atoms with Gasteiger partial charge in [0.2, 0.25) is 0 Å². The Balaban J connectivity index is 2.32. The quantitative estimate of drug-likeness (QED) is 0.744. The van der Waals surface area contributed by atoms with Crippen molar-refractivity contribution in [2.75, 3.05) is 0 Å². The maximum absolute atomic E-state index is 4.61. The molecule has 0 N–H and O–H groups in total. The van der Waals surface area contributed by atoms with Crippen LogP contribution in [0.4, 0.5) is 0 Å². The first-order chi connectivity index (χ1) is 7.95. The Morgan fingerprint density at radius 1 is 1.29 bits per heavy atom. The molecule has 2 heterocycles. The van der Waals surface area contributed by atoms with E-state index in [9.17, 15) is 0 Å². The fraction of sp³-hybridized carbons (Fsp3) is 0.333. The third-order valence-electron chi connectivity index (χ3n) is 2.04. The number of aromatic nitrogens is 2. The van der Waals surface area contributed by atoms with E-state index in [-0.39, 0.29) is 5.41 Å². The lowest BCUT2D eigenvalue weighted by Crippen LogP contribution is -2.16. The van der Waals surface area contributed by atoms with Gasteiger partial charge in [-0.25, -0.2) is 9.97 Å². The molecular formula is C12H13BrN2S2. The molecule has 0 saturated heterocycles. The first-order valence-electron chi connectivity index (χ1n) is 5.21. The van der Waals surface area contributed by atoms with Crippen molar-refractivity contribution in [2.45, 2.75) is 35.4 Å². The van der Waals surface area contributed by atoms with E-state index in [2.05, 4.69) is 58.1 Å². The summed E-state index contributed by atoms with van der Waals surface area (Å²) in [7, 11) is 0. The van der Waals surface area contributed by atoms with Crippen LogP contribution in [0.2, 0.25) is 0 Å². The van der Waals surface area contributed by atoms with Gasteiger partial charge in [0.25, 0.3) is 0 Å². The van der Waals surface area contributed by atoms with Crippen LogP contribution in [-0.4, -0.2) is 9.97 Å². The Hall–Kier alpha value is -0.390. The van der Waals surface area contributed by atoms with Crippen molar-refractivity contribution in [3.63, 3.8) is 0 Å². The second kappa shape index (κ2) is 5.08. The van der Waals surface area contributed by atoms with Gasteiger partial charge >= 0.3 is 0 Å². The summed E-state index contributed by atoms with van der Waals surface area (Å²) >= 11 is 6.85. The minimum absolute atomic E-state index is 0.0332. The zero-order valence-corrected chi connectivity index (χ0v) is 13.1. The van der Waals surface area contributed by atoms with Crippen LogP contribution in [0.1, 0.15) is 26.6 Å². The number of halogens is 1. The molecule has 2 aromatic rings. The number of hydrogen-bond acceptors (Lipinski definition) is 4. The highest BCUT2D eigenvalue weighted by Gasteiger charge is 2.19. The van der Waals surface area contributed by atoms with Gasteiger partial charge in [-0.15, -0.1) is 11.3 Å². The third kappa shape index (κ3) is 3.53. The molecule has 0 fully saturated rings. The molecule has 0 aromatic carbocycles. The van der Waals surface area contributed by atoms with E-state index in [1.165, 1.54) is 4.21 Å². The second-order valence-corrected chi connectivity index (χ2v) is 7.72. The SMILES string of the molecule is CC(C)(C)c1nc(Br)cc(Sc2cccs2)n1. The van der Waals surface area contributed by atoms with Gasteiger partial charge in [-0.1, -0.05) is 38.6 Å². The van der Waals surface area contributed by atoms with E-state index in [0.717, 1.165) is 15.5 Å². The van der Waals surface area contributed by atoms with E-state index in [1.54, 1.807) is 23.1 Å². The van der Waals surface area contributed by atoms with Crippen LogP contribution >= 0.6 is 39.0 Å². The van der Waals surface area contributed by atoms with Crippen molar-refractivity contribution in [3.8, 4) is 0 Å². The minimum Gasteiger partial charge on any atom is -0.226 e. The summed E-state index contributed by atoms with van der Waals surface area (Å²) in [6.45, 7) is 6.36. The summed E-state index contributed by atoms with van der Waals surface area (Å²) in [4.78, 5) is 9.04. The van der Waals surface area contributed by atoms with Gasteiger partial charge in [0, 0.05) is 11.5 Å². The molecule has 2 nitrogen and oxygen atoms in total. The van der Waals surface area contributed by atoms with Crippen LogP contribution in [0.15, 0.2) is 37.4 Å². The summed E-state index contributed by atoms with van der Waals surface area (Å²) in [5.41, 5.74) is -0.0332. The molecule has 2 rings (SSSR count). The topological polar surface area (TPSA) is 25.8 Å². The van der Waals surface area contributed by atoms with E-state index in [1.807, 2.05) is 12.1 Å². The molecule has 0 aliphatic carbocycles. The lowest BCUT2D eigenvalue weighted by molar-refractivity contribution is 0.536. The maximum atomic E-state index is 4.61. The third-order valence-corrected chi connectivity index (χ3v) is 4.40. The largest absolute Gasteiger partial charge is 0.226 e. The molecule has 90 valence electrons. The molecule has 17 heavy (non-hydrogen) atoms. The summed E-state index contributed by atoms with van der Waals surface area (Å²) < 4.78 is 2.09. The zero-order chi connectivity index (χ0) is 12.5. The molecule has 5 heteroatoms. The van der Waals surface area contributed by atoms with E-state index >= 15 is 0 Å². The van der Waals surface area contributed by atoms with Crippen LogP contribution < -0.4 is 0 Å². The monoisotopic (exact) mass is 328 g/mol. The molecule has 0 atom stereocenters. The van der Waals surface area contributed by atoms with Crippen LogP contribution in [0.25, 0.3) is 0 Å². The first-order valence-corrected chi connectivity index (χ1v) is 7.70. The summed E-state index contributed by atoms with van der Waals surface area (Å²) in [5.74, 6) is 0.867. The van der Waals surface area contributed by atoms with Crippen molar-refractivity contribution in [1.82, 2.24) is 9.97 Å². The number of nitrogens with zero attached hydrogens (tertiary/aromatic N) is 2. The van der Waals surface area contributed by atoms with Gasteiger partial charge in [-0.3, -0.25) is 0 Å². The van der Waals surface area contributed by atoms with Gasteiger partial charge < -0.3 is 0 Å². The molecule has 0 amide bonds. The normalized spacial score (nSPS) is 11.8. The van der Waals surface area contributed by atoms with Crippen molar-refractivity contribution in [3.05, 3.63) is 34.0 Å². The fourth-order valence-electron chi connectivity index (χ4n) is 1.21. The molecule has 0 saturated carbocycles. The Labute approximate surface area is 118 Å². The lowest BCUT2D eigenvalue weighted by atomic mass is 9.96. The van der Waals surface area contributed by atoms with Gasteiger partial charge in [0.05, 0.1) is 4.21 Å². The molecule has 0 bridgehead atoms. The standard InChI is InChI=1S/C12H13BrN2S2/c1-12(2,3)11-14-8(13)7-9(15-11)17-10-5-4-6-16-10/h4-7H,1-3H3. The number of hydrogen-bond donors (Lipinski definition) is 0. The Morgan fingerprint density at radius 3 is 2.65 bits per heavy atom. The highest BCUT2D eigenvalue weighted by atomic mass is 79.9. The summed E-state index contributed by atoms with van der Waals surface area (Å²) in [6, 6.07) is 6.11. The number of thiophene rings is 1. The van der Waals surface area contributed by atoms with Gasteiger partial charge in [-0.05, 0) is 27.4 Å². The average Bonchev–Trinajstić information content (AvgIpc) is 2.68. The van der Waals surface area contributed by atoms with E-state index in [4.69, 9.17) is 0 Å². The van der Waals surface area contributed by atoms with E-state index in [0.29, 0.717) is 0 Å². The fourth-order valence-corrected chi connectivity index (χ4v) is 3.46. The molecule has 2 aromatic heterocycles. The molecule has 0 radical (unpaired) electrons. The maximum Gasteiger partial charge on any atom is 0.136 e. The van der Waals surface area contributed by atoms with Crippen LogP contribution in [0, 0.1) is 0 Å². The van der Waals surface area contributed by atoms with Gasteiger partial charge in [-0.2, -0.15) is 0 Å². The Morgan fingerprint density at radius 2 is 2.06 bits per heavy atom. The van der Waals surface area contributed by atoms with Gasteiger partial charge in [0.1, 0.15) is 15.5 Å². The highest BCUT2D eigenvalue weighted by Crippen LogP contribution is 2.32. The molecule has 0 spiro atoms. The van der Waals surface area contributed by atoms with Crippen LogP contribution in [0.5, 0.6) is 0 Å². The summed E-state index contributed by atoms with van der Waals surface area (Å²) in [6.07, 6.45) is 0. The number of rotatable bonds is 2. The summed E-state index contributed by atoms with van der Waals surface area (Å²) in [5, 5.41) is 3.06. The zero-order valence-electron chi connectivity index (χ0n) is 9.90. The van der Waals surface area contributed by atoms with E-state index < -0.39 is 0 Å². The van der Waals surface area contributed by atoms with Crippen molar-refractivity contribution in [2.24, 2.45) is 0 Å². The van der Waals surface area contributed by atoms with Crippen molar-refractivity contribution in [1.29, 1.82) is 0 Å². The van der Waals surface area contributed by atoms with Crippen molar-refractivity contribution >= 4 is 39.0 Å². The van der Waals surface area contributed by atoms with Crippen LogP contribution in [-0.2, 0) is 5.41 Å². The molecule has 0 aliphatic heterocycles. The smallest absolute Gasteiger partial charge is 0.136 e. The molecular weight excluding hydrogens is 316 g/mol. The highest BCUT2D eigenvalue weighted by molar-refractivity contribution is 9.10. The molecule has 0 unspecified atom stereocenters. The predicted molar refractivity (Wildman–Crippen MR) is 76.9 cm³/mol. The molecule has 0 aliphatic rings. The Bertz CT molecular complexity index is 504. The van der Waals surface area contributed by atoms with Gasteiger partial charge in [0.15, 0.2) is 0 Å². The predicted octanol–water partition coefficient (Wildman–Crippen LogP) is 4.75. The Kier molecular flexibility index (Phi) is 3.90. The average molecular weight is 329 g/mol. The minimum atomic E-state index is -0.0332. The lowest BCUT2D eigenvalue weighted by Gasteiger charge is -2.17. The van der Waals surface area contributed by atoms with Crippen molar-refractivity contribution < 1.29 is 0 Å². The first kappa shape index (κ1) is 13.1. The van der Waals surface area contributed by atoms with Crippen LogP contribution in [0.3, 0.4) is 0 Å². The second-order valence-electron chi connectivity index (χ2n) is 4.64.